The third kappa shape index (κ3) is 3.81. The minimum atomic E-state index is -0.559. The number of fused-ring (bicyclic) bond motifs is 3. The number of benzene rings is 3. The van der Waals surface area contributed by atoms with Crippen LogP contribution in [0, 0.1) is 13.8 Å². The van der Waals surface area contributed by atoms with Gasteiger partial charge in [0.15, 0.2) is 17.1 Å². The van der Waals surface area contributed by atoms with Gasteiger partial charge in [-0.3, -0.25) is 0 Å². The number of nitrogens with zero attached hydrogens (tertiary/aromatic N) is 3. The Kier molecular flexibility index (Phi) is 5.59. The zero-order valence-corrected chi connectivity index (χ0v) is 19.1. The fraction of sp³-hybridized carbons (Fsp3) is 0.148. The number of carbonyl (C=O) groups is 1. The lowest BCUT2D eigenvalue weighted by atomic mass is 10.1. The third-order valence-electron chi connectivity index (χ3n) is 5.68. The molecule has 0 aliphatic heterocycles. The van der Waals surface area contributed by atoms with Crippen LogP contribution in [-0.2, 0) is 11.3 Å². The number of hydrogen-bond acceptors (Lipinski definition) is 6. The molecule has 0 unspecified atom stereocenters. The fourth-order valence-electron chi connectivity index (χ4n) is 4.01. The van der Waals surface area contributed by atoms with Crippen LogP contribution in [0.1, 0.15) is 27.2 Å². The lowest BCUT2D eigenvalue weighted by molar-refractivity contribution is 0.0585. The average Bonchev–Trinajstić information content (AvgIpc) is 3.35. The molecule has 0 saturated heterocycles. The van der Waals surface area contributed by atoms with Crippen molar-refractivity contribution in [1.82, 2.24) is 14.6 Å². The molecule has 0 saturated carbocycles. The molecular formula is C27H23N3O4. The minimum absolute atomic E-state index is 0.182. The summed E-state index contributed by atoms with van der Waals surface area (Å²) in [5.74, 6) is 1.28. The van der Waals surface area contributed by atoms with Gasteiger partial charge in [0.05, 0.1) is 7.11 Å². The molecule has 0 fully saturated rings. The van der Waals surface area contributed by atoms with Crippen molar-refractivity contribution < 1.29 is 19.0 Å². The molecule has 0 aliphatic rings. The topological polar surface area (TPSA) is 75.0 Å². The second-order valence-corrected chi connectivity index (χ2v) is 7.97. The first kappa shape index (κ1) is 21.5. The highest BCUT2D eigenvalue weighted by Gasteiger charge is 2.24. The van der Waals surface area contributed by atoms with Crippen molar-refractivity contribution in [3.63, 3.8) is 0 Å². The van der Waals surface area contributed by atoms with Crippen LogP contribution < -0.4 is 9.47 Å². The number of methoxy groups -OCH3 is 1. The maximum Gasteiger partial charge on any atom is 0.360 e. The quantitative estimate of drug-likeness (QED) is 0.309. The van der Waals surface area contributed by atoms with E-state index in [1.54, 1.807) is 0 Å². The van der Waals surface area contributed by atoms with Gasteiger partial charge < -0.3 is 14.2 Å². The number of para-hydroxylation sites is 1. The number of esters is 1. The molecule has 0 aliphatic carbocycles. The molecule has 2 heterocycles. The summed E-state index contributed by atoms with van der Waals surface area (Å²) >= 11 is 0. The van der Waals surface area contributed by atoms with Gasteiger partial charge in [-0.25, -0.2) is 14.3 Å². The van der Waals surface area contributed by atoms with Crippen molar-refractivity contribution in [3.8, 4) is 17.2 Å². The van der Waals surface area contributed by atoms with Crippen molar-refractivity contribution in [2.75, 3.05) is 7.11 Å². The van der Waals surface area contributed by atoms with E-state index in [1.165, 1.54) is 18.0 Å². The summed E-state index contributed by atoms with van der Waals surface area (Å²) in [6, 6.07) is 21.4. The van der Waals surface area contributed by atoms with E-state index in [-0.39, 0.29) is 12.3 Å². The predicted molar refractivity (Wildman–Crippen MR) is 129 cm³/mol. The van der Waals surface area contributed by atoms with E-state index < -0.39 is 5.97 Å². The molecule has 0 bridgehead atoms. The van der Waals surface area contributed by atoms with Crippen molar-refractivity contribution >= 4 is 22.4 Å². The Morgan fingerprint density at radius 3 is 2.41 bits per heavy atom. The van der Waals surface area contributed by atoms with Gasteiger partial charge in [0.2, 0.25) is 0 Å². The first-order valence-corrected chi connectivity index (χ1v) is 10.9. The van der Waals surface area contributed by atoms with E-state index in [4.69, 9.17) is 14.2 Å². The summed E-state index contributed by atoms with van der Waals surface area (Å²) in [5, 5.41) is 5.74. The molecule has 7 heteroatoms. The number of carbonyl (C=O) groups excluding carboxylic acids is 1. The Bertz CT molecular complexity index is 1490. The lowest BCUT2D eigenvalue weighted by Crippen LogP contribution is -2.13. The van der Waals surface area contributed by atoms with E-state index >= 15 is 0 Å². The molecule has 0 radical (unpaired) electrons. The van der Waals surface area contributed by atoms with Gasteiger partial charge in [0.25, 0.3) is 0 Å². The Morgan fingerprint density at radius 1 is 0.912 bits per heavy atom. The zero-order valence-electron chi connectivity index (χ0n) is 19.1. The van der Waals surface area contributed by atoms with Crippen LogP contribution >= 0.6 is 0 Å². The highest BCUT2D eigenvalue weighted by atomic mass is 16.5. The van der Waals surface area contributed by atoms with E-state index in [1.807, 2.05) is 80.6 Å². The molecule has 0 amide bonds. The highest BCUT2D eigenvalue weighted by Crippen LogP contribution is 2.37. The maximum absolute atomic E-state index is 12.8. The van der Waals surface area contributed by atoms with Gasteiger partial charge in [0.1, 0.15) is 24.4 Å². The molecule has 0 spiro atoms. The Hall–Kier alpha value is -4.39. The van der Waals surface area contributed by atoms with Gasteiger partial charge in [-0.1, -0.05) is 48.5 Å². The lowest BCUT2D eigenvalue weighted by Gasteiger charge is -2.16. The standard InChI is InChI=1S/C27H23N3O4/c1-17-8-7-9-18(2)24(17)34-20-12-13-21-22(14-20)26-28-16-29-30(26)23(27(31)32-3)25(21)33-15-19-10-5-4-6-11-19/h4-14,16H,15H2,1-3H3. The Morgan fingerprint density at radius 2 is 1.68 bits per heavy atom. The number of pyridine rings is 1. The van der Waals surface area contributed by atoms with Crippen LogP contribution in [-0.4, -0.2) is 27.7 Å². The monoisotopic (exact) mass is 453 g/mol. The molecular weight excluding hydrogens is 430 g/mol. The second kappa shape index (κ2) is 8.86. The second-order valence-electron chi connectivity index (χ2n) is 7.97. The third-order valence-corrected chi connectivity index (χ3v) is 5.68. The molecule has 5 aromatic rings. The van der Waals surface area contributed by atoms with Crippen LogP contribution in [0.15, 0.2) is 73.1 Å². The number of ether oxygens (including phenoxy) is 3. The Labute approximate surface area is 196 Å². The van der Waals surface area contributed by atoms with Crippen molar-refractivity contribution in [1.29, 1.82) is 0 Å². The van der Waals surface area contributed by atoms with Gasteiger partial charge in [-0.15, -0.1) is 0 Å². The van der Waals surface area contributed by atoms with E-state index in [0.29, 0.717) is 22.5 Å². The summed E-state index contributed by atoms with van der Waals surface area (Å²) in [7, 11) is 1.33. The molecule has 0 atom stereocenters. The van der Waals surface area contributed by atoms with Gasteiger partial charge in [-0.2, -0.15) is 5.10 Å². The first-order valence-electron chi connectivity index (χ1n) is 10.9. The van der Waals surface area contributed by atoms with Crippen LogP contribution in [0.2, 0.25) is 0 Å². The molecule has 5 rings (SSSR count). The fourth-order valence-corrected chi connectivity index (χ4v) is 4.01. The van der Waals surface area contributed by atoms with Crippen molar-refractivity contribution in [2.24, 2.45) is 0 Å². The minimum Gasteiger partial charge on any atom is -0.486 e. The molecule has 7 nitrogen and oxygen atoms in total. The summed E-state index contributed by atoms with van der Waals surface area (Å²) in [5.41, 5.74) is 3.75. The van der Waals surface area contributed by atoms with E-state index in [9.17, 15) is 4.79 Å². The SMILES string of the molecule is COC(=O)c1c(OCc2ccccc2)c2ccc(Oc3c(C)cccc3C)cc2c2ncnn12. The number of rotatable bonds is 6. The maximum atomic E-state index is 12.8. The van der Waals surface area contributed by atoms with Gasteiger partial charge in [-0.05, 0) is 48.7 Å². The molecule has 3 aromatic carbocycles. The summed E-state index contributed by atoms with van der Waals surface area (Å²) in [6.45, 7) is 4.30. The number of aromatic nitrogens is 3. The molecule has 0 N–H and O–H groups in total. The summed E-state index contributed by atoms with van der Waals surface area (Å²) in [6.07, 6.45) is 1.40. The average molecular weight is 453 g/mol. The van der Waals surface area contributed by atoms with E-state index in [0.717, 1.165) is 27.8 Å². The van der Waals surface area contributed by atoms with Gasteiger partial charge >= 0.3 is 5.97 Å². The smallest absolute Gasteiger partial charge is 0.360 e. The van der Waals surface area contributed by atoms with Crippen LogP contribution in [0.4, 0.5) is 0 Å². The number of hydrogen-bond donors (Lipinski definition) is 0. The number of aryl methyl sites for hydroxylation is 2. The predicted octanol–water partition coefficient (Wildman–Crippen LogP) is 5.66. The van der Waals surface area contributed by atoms with Crippen molar-refractivity contribution in [3.05, 3.63) is 95.4 Å². The van der Waals surface area contributed by atoms with E-state index in [2.05, 4.69) is 10.1 Å². The highest BCUT2D eigenvalue weighted by molar-refractivity contribution is 6.05. The van der Waals surface area contributed by atoms with Crippen LogP contribution in [0.5, 0.6) is 17.2 Å². The zero-order chi connectivity index (χ0) is 23.7. The summed E-state index contributed by atoms with van der Waals surface area (Å²) < 4.78 is 19.0. The normalized spacial score (nSPS) is 11.0. The molecule has 34 heavy (non-hydrogen) atoms. The molecule has 2 aromatic heterocycles. The van der Waals surface area contributed by atoms with Crippen LogP contribution in [0.3, 0.4) is 0 Å². The Balaban J connectivity index is 1.67. The van der Waals surface area contributed by atoms with Crippen LogP contribution in [0.25, 0.3) is 16.4 Å². The largest absolute Gasteiger partial charge is 0.486 e. The van der Waals surface area contributed by atoms with Gasteiger partial charge in [0, 0.05) is 10.8 Å². The summed E-state index contributed by atoms with van der Waals surface area (Å²) in [4.78, 5) is 17.2. The first-order chi connectivity index (χ1) is 16.6. The van der Waals surface area contributed by atoms with Crippen molar-refractivity contribution in [2.45, 2.75) is 20.5 Å². The molecule has 170 valence electrons.